The highest BCUT2D eigenvalue weighted by Crippen LogP contribution is 2.29. The lowest BCUT2D eigenvalue weighted by atomic mass is 10.0. The quantitative estimate of drug-likeness (QED) is 0.834. The maximum absolute atomic E-state index is 13.4. The van der Waals surface area contributed by atoms with E-state index in [1.165, 1.54) is 5.56 Å². The Morgan fingerprint density at radius 3 is 2.54 bits per heavy atom. The Morgan fingerprint density at radius 2 is 1.88 bits per heavy atom. The molecule has 2 saturated heterocycles. The number of ether oxygens (including phenoxy) is 1. The second kappa shape index (κ2) is 8.99. The molecule has 6 nitrogen and oxygen atoms in total. The summed E-state index contributed by atoms with van der Waals surface area (Å²) in [6, 6.07) is 7.99. The van der Waals surface area contributed by atoms with E-state index in [1.54, 1.807) is 8.61 Å². The predicted octanol–water partition coefficient (Wildman–Crippen LogP) is 1.97. The summed E-state index contributed by atoms with van der Waals surface area (Å²) in [5.41, 5.74) is 2.31. The number of piperazine rings is 1. The van der Waals surface area contributed by atoms with Crippen LogP contribution in [-0.4, -0.2) is 62.0 Å². The number of rotatable bonds is 4. The van der Waals surface area contributed by atoms with E-state index in [4.69, 9.17) is 4.74 Å². The number of hydrogen-bond donors (Lipinski definition) is 1. The first kappa shape index (κ1) is 21.6. The second-order valence-corrected chi connectivity index (χ2v) is 8.83. The molecular weight excluding hydrogens is 374 g/mol. The van der Waals surface area contributed by atoms with E-state index in [2.05, 4.69) is 36.5 Å². The molecule has 2 fully saturated rings. The van der Waals surface area contributed by atoms with Gasteiger partial charge in [0.2, 0.25) is 0 Å². The maximum Gasteiger partial charge on any atom is 0.283 e. The van der Waals surface area contributed by atoms with Crippen LogP contribution in [0.4, 0.5) is 0 Å². The summed E-state index contributed by atoms with van der Waals surface area (Å²) in [4.78, 5) is 0. The number of morpholine rings is 1. The monoisotopic (exact) mass is 403 g/mol. The van der Waals surface area contributed by atoms with E-state index in [1.807, 2.05) is 13.8 Å². The predicted molar refractivity (Wildman–Crippen MR) is 106 cm³/mol. The molecule has 1 N–H and O–H groups in total. The van der Waals surface area contributed by atoms with Crippen LogP contribution in [0.15, 0.2) is 24.3 Å². The van der Waals surface area contributed by atoms with Crippen LogP contribution in [0.2, 0.25) is 0 Å². The third-order valence-electron chi connectivity index (χ3n) is 5.11. The van der Waals surface area contributed by atoms with Gasteiger partial charge in [-0.15, -0.1) is 12.4 Å². The van der Waals surface area contributed by atoms with Gasteiger partial charge in [0.05, 0.1) is 18.8 Å². The van der Waals surface area contributed by atoms with Gasteiger partial charge in [0.15, 0.2) is 0 Å². The first-order valence-electron chi connectivity index (χ1n) is 9.13. The summed E-state index contributed by atoms with van der Waals surface area (Å²) in [6.07, 6.45) is 0.908. The average molecular weight is 404 g/mol. The van der Waals surface area contributed by atoms with Gasteiger partial charge in [0.25, 0.3) is 10.2 Å². The third-order valence-corrected chi connectivity index (χ3v) is 7.24. The summed E-state index contributed by atoms with van der Waals surface area (Å²) in [5, 5.41) is 3.34. The fourth-order valence-electron chi connectivity index (χ4n) is 3.55. The summed E-state index contributed by atoms with van der Waals surface area (Å²) in [5.74, 6) is 0. The van der Waals surface area contributed by atoms with Gasteiger partial charge in [-0.1, -0.05) is 31.2 Å². The lowest BCUT2D eigenvalue weighted by molar-refractivity contribution is -0.0198. The van der Waals surface area contributed by atoms with E-state index >= 15 is 0 Å². The van der Waals surface area contributed by atoms with Gasteiger partial charge in [-0.2, -0.15) is 17.0 Å². The molecular formula is C18H30ClN3O3S. The van der Waals surface area contributed by atoms with Crippen molar-refractivity contribution < 1.29 is 13.2 Å². The molecule has 3 rings (SSSR count). The minimum atomic E-state index is -3.53. The topological polar surface area (TPSA) is 61.9 Å². The number of benzene rings is 1. The molecule has 148 valence electrons. The van der Waals surface area contributed by atoms with Crippen molar-refractivity contribution in [1.82, 2.24) is 13.9 Å². The van der Waals surface area contributed by atoms with Crippen molar-refractivity contribution in [2.75, 3.05) is 32.8 Å². The minimum Gasteiger partial charge on any atom is -0.375 e. The smallest absolute Gasteiger partial charge is 0.283 e. The van der Waals surface area contributed by atoms with Gasteiger partial charge >= 0.3 is 0 Å². The number of hydrogen-bond acceptors (Lipinski definition) is 4. The zero-order valence-corrected chi connectivity index (χ0v) is 17.4. The van der Waals surface area contributed by atoms with E-state index in [0.717, 1.165) is 12.0 Å². The number of halogens is 1. The Balaban J connectivity index is 0.00000243. The van der Waals surface area contributed by atoms with Crippen molar-refractivity contribution in [2.45, 2.75) is 45.4 Å². The molecule has 2 aliphatic heterocycles. The molecule has 2 aliphatic rings. The third kappa shape index (κ3) is 4.40. The van der Waals surface area contributed by atoms with Crippen LogP contribution in [0.3, 0.4) is 0 Å². The highest BCUT2D eigenvalue weighted by atomic mass is 35.5. The summed E-state index contributed by atoms with van der Waals surface area (Å²) in [7, 11) is -3.53. The number of aryl methyl sites for hydroxylation is 1. The average Bonchev–Trinajstić information content (AvgIpc) is 2.63. The van der Waals surface area contributed by atoms with Crippen LogP contribution >= 0.6 is 12.4 Å². The summed E-state index contributed by atoms with van der Waals surface area (Å²) in [6.45, 7) is 8.62. The molecule has 3 unspecified atom stereocenters. The van der Waals surface area contributed by atoms with E-state index < -0.39 is 10.2 Å². The molecule has 8 heteroatoms. The highest BCUT2D eigenvalue weighted by molar-refractivity contribution is 7.86. The molecule has 26 heavy (non-hydrogen) atoms. The molecule has 1 aromatic carbocycles. The number of nitrogens with one attached hydrogen (secondary N) is 1. The molecule has 0 radical (unpaired) electrons. The molecule has 0 aromatic heterocycles. The van der Waals surface area contributed by atoms with Gasteiger partial charge in [-0.3, -0.25) is 0 Å². The van der Waals surface area contributed by atoms with Gasteiger partial charge in [0.1, 0.15) is 0 Å². The molecule has 0 amide bonds. The van der Waals surface area contributed by atoms with E-state index in [9.17, 15) is 8.42 Å². The van der Waals surface area contributed by atoms with Crippen LogP contribution < -0.4 is 5.32 Å². The number of nitrogens with zero attached hydrogens (tertiary/aromatic N) is 2. The fourth-order valence-corrected chi connectivity index (χ4v) is 5.57. The normalized spacial score (nSPS) is 28.5. The molecule has 2 heterocycles. The van der Waals surface area contributed by atoms with Gasteiger partial charge < -0.3 is 10.1 Å². The van der Waals surface area contributed by atoms with Gasteiger partial charge in [0, 0.05) is 32.2 Å². The van der Waals surface area contributed by atoms with Crippen LogP contribution in [-0.2, 0) is 21.4 Å². The van der Waals surface area contributed by atoms with Gasteiger partial charge in [-0.25, -0.2) is 0 Å². The SMILES string of the molecule is CCc1ccc(C2CNCCN2S(=O)(=O)N2CC(C)OCC2C)cc1.Cl. The zero-order chi connectivity index (χ0) is 18.0. The largest absolute Gasteiger partial charge is 0.375 e. The standard InChI is InChI=1S/C18H29N3O3S.ClH/c1-4-16-5-7-17(8-6-16)18-11-19-9-10-20(18)25(22,23)21-12-15(3)24-13-14(21)2;/h5-8,14-15,18-19H,4,9-13H2,1-3H3;1H. The molecule has 0 aliphatic carbocycles. The Bertz CT molecular complexity index is 683. The lowest BCUT2D eigenvalue weighted by Gasteiger charge is -2.42. The van der Waals surface area contributed by atoms with Crippen molar-refractivity contribution in [3.8, 4) is 0 Å². The van der Waals surface area contributed by atoms with Crippen molar-refractivity contribution in [3.05, 3.63) is 35.4 Å². The van der Waals surface area contributed by atoms with Crippen LogP contribution in [0.25, 0.3) is 0 Å². The zero-order valence-electron chi connectivity index (χ0n) is 15.7. The maximum atomic E-state index is 13.4. The Morgan fingerprint density at radius 1 is 1.19 bits per heavy atom. The fraction of sp³-hybridized carbons (Fsp3) is 0.667. The first-order chi connectivity index (χ1) is 11.9. The van der Waals surface area contributed by atoms with Crippen LogP contribution in [0.1, 0.15) is 37.9 Å². The summed E-state index contributed by atoms with van der Waals surface area (Å²) < 4.78 is 35.6. The molecule has 0 spiro atoms. The molecule has 1 aromatic rings. The molecule has 3 atom stereocenters. The van der Waals surface area contributed by atoms with Crippen molar-refractivity contribution >= 4 is 22.6 Å². The van der Waals surface area contributed by atoms with Crippen molar-refractivity contribution in [1.29, 1.82) is 0 Å². The summed E-state index contributed by atoms with van der Waals surface area (Å²) >= 11 is 0. The Kier molecular flexibility index (Phi) is 7.47. The highest BCUT2D eigenvalue weighted by Gasteiger charge is 2.41. The molecule has 0 bridgehead atoms. The second-order valence-electron chi connectivity index (χ2n) is 7.00. The minimum absolute atomic E-state index is 0. The Hall–Kier alpha value is -0.700. The Labute approximate surface area is 163 Å². The first-order valence-corrected chi connectivity index (χ1v) is 10.5. The van der Waals surface area contributed by atoms with E-state index in [-0.39, 0.29) is 30.6 Å². The van der Waals surface area contributed by atoms with E-state index in [0.29, 0.717) is 32.8 Å². The van der Waals surface area contributed by atoms with Gasteiger partial charge in [-0.05, 0) is 31.4 Å². The van der Waals surface area contributed by atoms with Crippen molar-refractivity contribution in [2.24, 2.45) is 0 Å². The molecule has 0 saturated carbocycles. The van der Waals surface area contributed by atoms with Crippen LogP contribution in [0, 0.1) is 0 Å². The van der Waals surface area contributed by atoms with Crippen LogP contribution in [0.5, 0.6) is 0 Å². The van der Waals surface area contributed by atoms with Crippen molar-refractivity contribution in [3.63, 3.8) is 0 Å². The lowest BCUT2D eigenvalue weighted by Crippen LogP contribution is -2.58.